The van der Waals surface area contributed by atoms with Crippen molar-refractivity contribution in [2.75, 3.05) is 16.2 Å². The van der Waals surface area contributed by atoms with Crippen LogP contribution in [0.3, 0.4) is 0 Å². The molecule has 0 fully saturated rings. The van der Waals surface area contributed by atoms with Crippen LogP contribution in [0, 0.1) is 0 Å². The molecule has 3 rings (SSSR count). The maximum atomic E-state index is 12.5. The second kappa shape index (κ2) is 7.17. The van der Waals surface area contributed by atoms with E-state index in [-0.39, 0.29) is 10.8 Å². The van der Waals surface area contributed by atoms with Gasteiger partial charge in [-0.3, -0.25) is 9.52 Å². The summed E-state index contributed by atoms with van der Waals surface area (Å²) in [6.07, 6.45) is 1.96. The van der Waals surface area contributed by atoms with Crippen LogP contribution in [0.25, 0.3) is 0 Å². The zero-order chi connectivity index (χ0) is 18.0. The van der Waals surface area contributed by atoms with E-state index in [0.717, 1.165) is 22.1 Å². The first kappa shape index (κ1) is 17.9. The number of aryl methyl sites for hydroxylation is 1. The third kappa shape index (κ3) is 3.88. The molecule has 0 radical (unpaired) electrons. The Morgan fingerprint density at radius 3 is 2.52 bits per heavy atom. The van der Waals surface area contributed by atoms with E-state index in [1.807, 2.05) is 19.1 Å². The quantitative estimate of drug-likeness (QED) is 0.793. The van der Waals surface area contributed by atoms with E-state index in [1.165, 1.54) is 0 Å². The minimum atomic E-state index is -3.64. The summed E-state index contributed by atoms with van der Waals surface area (Å²) in [7, 11) is -3.64. The van der Waals surface area contributed by atoms with Crippen LogP contribution < -0.4 is 9.62 Å². The molecule has 0 unspecified atom stereocenters. The van der Waals surface area contributed by atoms with Gasteiger partial charge in [-0.2, -0.15) is 0 Å². The zero-order valence-corrected chi connectivity index (χ0v) is 16.2. The molecule has 7 heteroatoms. The molecule has 2 aromatic rings. The molecule has 0 aliphatic carbocycles. The average Bonchev–Trinajstić information content (AvgIpc) is 2.57. The first-order chi connectivity index (χ1) is 11.9. The first-order valence-corrected chi connectivity index (χ1v) is 10.4. The summed E-state index contributed by atoms with van der Waals surface area (Å²) in [5.41, 5.74) is 2.38. The van der Waals surface area contributed by atoms with Crippen molar-refractivity contribution < 1.29 is 13.2 Å². The van der Waals surface area contributed by atoms with Crippen molar-refractivity contribution in [2.24, 2.45) is 0 Å². The van der Waals surface area contributed by atoms with Gasteiger partial charge < -0.3 is 4.90 Å². The number of hydrogen-bond acceptors (Lipinski definition) is 3. The number of carbonyl (C=O) groups is 1. The lowest BCUT2D eigenvalue weighted by atomic mass is 10.0. The van der Waals surface area contributed by atoms with Gasteiger partial charge in [-0.05, 0) is 60.9 Å². The molecule has 1 N–H and O–H groups in total. The summed E-state index contributed by atoms with van der Waals surface area (Å²) in [5.74, 6) is 0.123. The number of nitrogens with one attached hydrogen (secondary N) is 1. The Morgan fingerprint density at radius 2 is 1.84 bits per heavy atom. The van der Waals surface area contributed by atoms with Crippen molar-refractivity contribution >= 4 is 43.2 Å². The number of carbonyl (C=O) groups excluding carboxylic acids is 1. The minimum Gasteiger partial charge on any atom is -0.312 e. The summed E-state index contributed by atoms with van der Waals surface area (Å²) >= 11 is 3.30. The maximum absolute atomic E-state index is 12.5. The molecule has 25 heavy (non-hydrogen) atoms. The average molecular weight is 423 g/mol. The zero-order valence-electron chi connectivity index (χ0n) is 13.8. The van der Waals surface area contributed by atoms with Gasteiger partial charge >= 0.3 is 0 Å². The molecule has 0 saturated carbocycles. The van der Waals surface area contributed by atoms with Crippen LogP contribution in [-0.2, 0) is 21.2 Å². The molecule has 5 nitrogen and oxygen atoms in total. The predicted molar refractivity (Wildman–Crippen MR) is 102 cm³/mol. The fraction of sp³-hybridized carbons (Fsp3) is 0.278. The number of fused-ring (bicyclic) bond motifs is 1. The van der Waals surface area contributed by atoms with E-state index in [0.29, 0.717) is 25.1 Å². The number of rotatable bonds is 5. The second-order valence-corrected chi connectivity index (χ2v) is 8.55. The van der Waals surface area contributed by atoms with Gasteiger partial charge in [-0.15, -0.1) is 0 Å². The Bertz CT molecular complexity index is 895. The minimum absolute atomic E-state index is 0.123. The van der Waals surface area contributed by atoms with Crippen LogP contribution in [0.5, 0.6) is 0 Å². The molecule has 0 aromatic heterocycles. The van der Waals surface area contributed by atoms with E-state index < -0.39 is 10.0 Å². The van der Waals surface area contributed by atoms with Gasteiger partial charge in [0.05, 0.1) is 4.90 Å². The van der Waals surface area contributed by atoms with Crippen LogP contribution in [0.15, 0.2) is 51.8 Å². The fourth-order valence-electron chi connectivity index (χ4n) is 2.92. The van der Waals surface area contributed by atoms with Gasteiger partial charge in [-0.1, -0.05) is 22.9 Å². The Kier molecular flexibility index (Phi) is 5.15. The van der Waals surface area contributed by atoms with Crippen LogP contribution in [0.2, 0.25) is 0 Å². The standard InChI is InChI=1S/C18H19BrN2O3S/c1-2-11-21-17-9-6-15(12-13(17)3-10-18(21)22)20-25(23,24)16-7-4-14(19)5-8-16/h4-9,12,20H,2-3,10-11H2,1H3. The smallest absolute Gasteiger partial charge is 0.261 e. The molecule has 132 valence electrons. The van der Waals surface area contributed by atoms with Crippen molar-refractivity contribution in [2.45, 2.75) is 31.1 Å². The van der Waals surface area contributed by atoms with E-state index in [9.17, 15) is 13.2 Å². The van der Waals surface area contributed by atoms with Gasteiger partial charge in [0.25, 0.3) is 10.0 Å². The SMILES string of the molecule is CCCN1C(=O)CCc2cc(NS(=O)(=O)c3ccc(Br)cc3)ccc21. The molecule has 1 heterocycles. The number of nitrogens with zero attached hydrogens (tertiary/aromatic N) is 1. The summed E-state index contributed by atoms with van der Waals surface area (Å²) in [6, 6.07) is 11.8. The molecule has 2 aromatic carbocycles. The third-order valence-electron chi connectivity index (χ3n) is 4.10. The molecule has 1 aliphatic heterocycles. The lowest BCUT2D eigenvalue weighted by molar-refractivity contribution is -0.118. The van der Waals surface area contributed by atoms with Crippen molar-refractivity contribution in [3.63, 3.8) is 0 Å². The monoisotopic (exact) mass is 422 g/mol. The third-order valence-corrected chi connectivity index (χ3v) is 6.03. The highest BCUT2D eigenvalue weighted by Gasteiger charge is 2.24. The molecule has 1 aliphatic rings. The van der Waals surface area contributed by atoms with Crippen LogP contribution >= 0.6 is 15.9 Å². The predicted octanol–water partition coefficient (Wildman–Crippen LogP) is 3.94. The van der Waals surface area contributed by atoms with Gasteiger partial charge in [0.2, 0.25) is 5.91 Å². The Balaban J connectivity index is 1.87. The van der Waals surface area contributed by atoms with Gasteiger partial charge in [-0.25, -0.2) is 8.42 Å². The highest BCUT2D eigenvalue weighted by atomic mass is 79.9. The van der Waals surface area contributed by atoms with E-state index >= 15 is 0 Å². The first-order valence-electron chi connectivity index (χ1n) is 8.12. The van der Waals surface area contributed by atoms with E-state index in [1.54, 1.807) is 35.2 Å². The molecular formula is C18H19BrN2O3S. The molecule has 0 saturated heterocycles. The topological polar surface area (TPSA) is 66.5 Å². The van der Waals surface area contributed by atoms with Gasteiger partial charge in [0.1, 0.15) is 0 Å². The van der Waals surface area contributed by atoms with Gasteiger partial charge in [0, 0.05) is 28.8 Å². The second-order valence-electron chi connectivity index (χ2n) is 5.95. The molecular weight excluding hydrogens is 404 g/mol. The number of benzene rings is 2. The Labute approximate surface area is 156 Å². The molecule has 1 amide bonds. The fourth-order valence-corrected chi connectivity index (χ4v) is 4.23. The number of halogens is 1. The Hall–Kier alpha value is -1.86. The summed E-state index contributed by atoms with van der Waals surface area (Å²) < 4.78 is 28.5. The van der Waals surface area contributed by atoms with Crippen molar-refractivity contribution in [1.82, 2.24) is 0 Å². The number of hydrogen-bond donors (Lipinski definition) is 1. The maximum Gasteiger partial charge on any atom is 0.261 e. The largest absolute Gasteiger partial charge is 0.312 e. The summed E-state index contributed by atoms with van der Waals surface area (Å²) in [4.78, 5) is 14.1. The van der Waals surface area contributed by atoms with Crippen LogP contribution in [0.4, 0.5) is 11.4 Å². The van der Waals surface area contributed by atoms with Crippen LogP contribution in [0.1, 0.15) is 25.3 Å². The highest BCUT2D eigenvalue weighted by molar-refractivity contribution is 9.10. The normalized spacial score (nSPS) is 14.3. The lowest BCUT2D eigenvalue weighted by Crippen LogP contribution is -2.35. The highest BCUT2D eigenvalue weighted by Crippen LogP contribution is 2.31. The number of amides is 1. The number of anilines is 2. The lowest BCUT2D eigenvalue weighted by Gasteiger charge is -2.29. The van der Waals surface area contributed by atoms with Gasteiger partial charge in [0.15, 0.2) is 0 Å². The van der Waals surface area contributed by atoms with Crippen LogP contribution in [-0.4, -0.2) is 20.9 Å². The van der Waals surface area contributed by atoms with E-state index in [4.69, 9.17) is 0 Å². The molecule has 0 bridgehead atoms. The van der Waals surface area contributed by atoms with Crippen molar-refractivity contribution in [3.05, 3.63) is 52.5 Å². The molecule has 0 spiro atoms. The number of sulfonamides is 1. The van der Waals surface area contributed by atoms with Crippen molar-refractivity contribution in [1.29, 1.82) is 0 Å². The van der Waals surface area contributed by atoms with E-state index in [2.05, 4.69) is 20.7 Å². The van der Waals surface area contributed by atoms with Crippen molar-refractivity contribution in [3.8, 4) is 0 Å². The molecule has 0 atom stereocenters. The summed E-state index contributed by atoms with van der Waals surface area (Å²) in [6.45, 7) is 2.71. The summed E-state index contributed by atoms with van der Waals surface area (Å²) in [5, 5.41) is 0. The Morgan fingerprint density at radius 1 is 1.12 bits per heavy atom.